The highest BCUT2D eigenvalue weighted by Crippen LogP contribution is 2.46. The van der Waals surface area contributed by atoms with Crippen molar-refractivity contribution in [3.63, 3.8) is 0 Å². The maximum Gasteiger partial charge on any atom is 0.414 e. The number of unbranched alkanes of at least 4 members (excludes halogenated alkanes) is 3. The number of fused-ring (bicyclic) bond motifs is 3. The average Bonchev–Trinajstić information content (AvgIpc) is 3.58. The lowest BCUT2D eigenvalue weighted by Crippen LogP contribution is -2.62. The summed E-state index contributed by atoms with van der Waals surface area (Å²) in [7, 11) is 0. The first-order valence-electron chi connectivity index (χ1n) is 20.6. The van der Waals surface area contributed by atoms with Gasteiger partial charge in [-0.05, 0) is 56.5 Å². The molecule has 314 valence electrons. The van der Waals surface area contributed by atoms with E-state index in [2.05, 4.69) is 20.8 Å². The highest BCUT2D eigenvalue weighted by Gasteiger charge is 2.49. The molecule has 2 aliphatic rings. The fourth-order valence-electron chi connectivity index (χ4n) is 7.07. The summed E-state index contributed by atoms with van der Waals surface area (Å²) in [6.07, 6.45) is 1.71. The summed E-state index contributed by atoms with van der Waals surface area (Å²) in [5.74, 6) is -0.196. The lowest BCUT2D eigenvalue weighted by atomic mass is 9.95. The average molecular weight is 812 g/mol. The first-order valence-corrected chi connectivity index (χ1v) is 21.2. The normalized spacial score (nSPS) is 22.1. The molecule has 0 spiro atoms. The van der Waals surface area contributed by atoms with E-state index >= 15 is 0 Å². The minimum absolute atomic E-state index is 0.135. The zero-order chi connectivity index (χ0) is 40.8. The third-order valence-electron chi connectivity index (χ3n) is 9.94. The number of rotatable bonds is 21. The lowest BCUT2D eigenvalue weighted by molar-refractivity contribution is -0.324. The van der Waals surface area contributed by atoms with Crippen LogP contribution in [0.15, 0.2) is 60.7 Å². The SMILES string of the molecule is CCCCOCC1O[C@@H](OCC(=O)Oc2cc3c(c4ccccc24)C(CCl)CN3C(=O)OC(C)(C)C)[C@@H](OCc2ccccc2)C(OCCCC)[C@H]1OCCCC. The van der Waals surface area contributed by atoms with E-state index in [1.54, 1.807) is 11.0 Å². The molecule has 2 aliphatic heterocycles. The van der Waals surface area contributed by atoms with Crippen molar-refractivity contribution in [3.8, 4) is 5.75 Å². The summed E-state index contributed by atoms with van der Waals surface area (Å²) in [4.78, 5) is 28.8. The third-order valence-corrected chi connectivity index (χ3v) is 10.3. The molecule has 0 bridgehead atoms. The zero-order valence-electron chi connectivity index (χ0n) is 34.5. The number of nitrogens with zero attached hydrogens (tertiary/aromatic N) is 1. The van der Waals surface area contributed by atoms with E-state index < -0.39 is 55.0 Å². The van der Waals surface area contributed by atoms with Crippen molar-refractivity contribution in [1.29, 1.82) is 0 Å². The maximum atomic E-state index is 13.8. The summed E-state index contributed by atoms with van der Waals surface area (Å²) >= 11 is 6.46. The van der Waals surface area contributed by atoms with Gasteiger partial charge in [-0.25, -0.2) is 9.59 Å². The fraction of sp³-hybridized carbons (Fsp3) is 0.600. The Bertz CT molecular complexity index is 1700. The Hall–Kier alpha value is -3.29. The molecule has 12 heteroatoms. The van der Waals surface area contributed by atoms with Crippen molar-refractivity contribution in [2.45, 2.75) is 129 Å². The molecule has 0 saturated carbocycles. The monoisotopic (exact) mass is 811 g/mol. The summed E-state index contributed by atoms with van der Waals surface area (Å²) in [6, 6.07) is 19.2. The van der Waals surface area contributed by atoms with E-state index in [4.69, 9.17) is 49.5 Å². The number of esters is 1. The summed E-state index contributed by atoms with van der Waals surface area (Å²) < 4.78 is 50.6. The van der Waals surface area contributed by atoms with Crippen molar-refractivity contribution in [2.75, 3.05) is 50.4 Å². The van der Waals surface area contributed by atoms with Crippen LogP contribution in [0.25, 0.3) is 10.8 Å². The Morgan fingerprint density at radius 1 is 0.807 bits per heavy atom. The van der Waals surface area contributed by atoms with Crippen molar-refractivity contribution in [3.05, 3.63) is 71.8 Å². The van der Waals surface area contributed by atoms with Gasteiger partial charge in [-0.15, -0.1) is 11.6 Å². The molecule has 6 atom stereocenters. The van der Waals surface area contributed by atoms with Crippen molar-refractivity contribution >= 4 is 40.1 Å². The second-order valence-corrected chi connectivity index (χ2v) is 16.0. The number of alkyl halides is 1. The number of ether oxygens (including phenoxy) is 8. The van der Waals surface area contributed by atoms with Crippen LogP contribution in [0.5, 0.6) is 5.75 Å². The predicted molar refractivity (Wildman–Crippen MR) is 221 cm³/mol. The molecule has 0 radical (unpaired) electrons. The Labute approximate surface area is 343 Å². The molecule has 1 fully saturated rings. The van der Waals surface area contributed by atoms with Crippen molar-refractivity contribution in [1.82, 2.24) is 0 Å². The molecule has 0 N–H and O–H groups in total. The molecule has 3 aromatic carbocycles. The minimum atomic E-state index is -1.01. The molecule has 3 unspecified atom stereocenters. The second kappa shape index (κ2) is 22.2. The van der Waals surface area contributed by atoms with Gasteiger partial charge in [0, 0.05) is 49.6 Å². The topological polar surface area (TPSA) is 111 Å². The summed E-state index contributed by atoms with van der Waals surface area (Å²) in [5, 5.41) is 1.55. The van der Waals surface area contributed by atoms with Gasteiger partial charge >= 0.3 is 12.1 Å². The van der Waals surface area contributed by atoms with Crippen LogP contribution >= 0.6 is 11.6 Å². The Morgan fingerprint density at radius 2 is 1.46 bits per heavy atom. The van der Waals surface area contributed by atoms with Crippen LogP contribution in [0.2, 0.25) is 0 Å². The van der Waals surface area contributed by atoms with Crippen LogP contribution in [0.3, 0.4) is 0 Å². The number of benzene rings is 3. The molecule has 5 rings (SSSR count). The Balaban J connectivity index is 1.42. The van der Waals surface area contributed by atoms with E-state index in [-0.39, 0.29) is 24.9 Å². The fourth-order valence-corrected chi connectivity index (χ4v) is 7.32. The van der Waals surface area contributed by atoms with Crippen LogP contribution in [0.4, 0.5) is 10.5 Å². The summed E-state index contributed by atoms with van der Waals surface area (Å²) in [6.45, 7) is 13.8. The van der Waals surface area contributed by atoms with Gasteiger partial charge in [0.1, 0.15) is 42.4 Å². The van der Waals surface area contributed by atoms with E-state index in [1.165, 1.54) is 0 Å². The van der Waals surface area contributed by atoms with E-state index in [9.17, 15) is 9.59 Å². The van der Waals surface area contributed by atoms with Crippen molar-refractivity contribution in [2.24, 2.45) is 0 Å². The van der Waals surface area contributed by atoms with Gasteiger partial charge in [0.05, 0.1) is 18.9 Å². The second-order valence-electron chi connectivity index (χ2n) is 15.7. The molecule has 1 amide bonds. The highest BCUT2D eigenvalue weighted by molar-refractivity contribution is 6.19. The van der Waals surface area contributed by atoms with Gasteiger partial charge in [-0.1, -0.05) is 94.6 Å². The Kier molecular flexibility index (Phi) is 17.4. The predicted octanol–water partition coefficient (Wildman–Crippen LogP) is 9.34. The number of amides is 1. The van der Waals surface area contributed by atoms with Crippen LogP contribution < -0.4 is 9.64 Å². The standard InChI is InChI=1S/C45H62ClNO10/c1-7-10-22-50-29-37-40(51-23-11-8-2)41(52-24-12-9-3)42(53-28-31-18-14-13-15-19-31)43(56-37)54-30-38(48)55-36-25-35-39(34-21-17-16-20-33(34)36)32(26-46)27-47(35)44(49)57-45(4,5)6/h13-21,25,32,37,40-43H,7-12,22-24,26-30H2,1-6H3/t32?,37?,40-,41?,42-,43+/m0/s1. The van der Waals surface area contributed by atoms with Gasteiger partial charge in [-0.3, -0.25) is 4.90 Å². The number of hydrogen-bond donors (Lipinski definition) is 0. The molecule has 1 saturated heterocycles. The van der Waals surface area contributed by atoms with Gasteiger partial charge in [-0.2, -0.15) is 0 Å². The van der Waals surface area contributed by atoms with Crippen LogP contribution in [-0.4, -0.2) is 93.8 Å². The maximum absolute atomic E-state index is 13.8. The largest absolute Gasteiger partial charge is 0.443 e. The molecule has 0 aliphatic carbocycles. The Morgan fingerprint density at radius 3 is 2.12 bits per heavy atom. The first-order chi connectivity index (χ1) is 27.6. The quantitative estimate of drug-likeness (QED) is 0.0447. The molecule has 3 aromatic rings. The smallest absolute Gasteiger partial charge is 0.414 e. The molecular weight excluding hydrogens is 750 g/mol. The van der Waals surface area contributed by atoms with Gasteiger partial charge < -0.3 is 37.9 Å². The van der Waals surface area contributed by atoms with Gasteiger partial charge in [0.2, 0.25) is 0 Å². The van der Waals surface area contributed by atoms with Crippen LogP contribution in [0, 0.1) is 0 Å². The summed E-state index contributed by atoms with van der Waals surface area (Å²) in [5.41, 5.74) is 1.77. The number of carbonyl (C=O) groups excluding carboxylic acids is 2. The zero-order valence-corrected chi connectivity index (χ0v) is 35.3. The van der Waals surface area contributed by atoms with Gasteiger partial charge in [0.15, 0.2) is 6.29 Å². The van der Waals surface area contributed by atoms with Crippen LogP contribution in [-0.2, 0) is 44.6 Å². The molecule has 57 heavy (non-hydrogen) atoms. The number of anilines is 1. The molecular formula is C45H62ClNO10. The van der Waals surface area contributed by atoms with E-state index in [1.807, 2.05) is 75.4 Å². The highest BCUT2D eigenvalue weighted by atomic mass is 35.5. The third kappa shape index (κ3) is 12.4. The molecule has 2 heterocycles. The lowest BCUT2D eigenvalue weighted by Gasteiger charge is -2.45. The number of hydrogen-bond acceptors (Lipinski definition) is 10. The molecule has 11 nitrogen and oxygen atoms in total. The number of halogens is 1. The van der Waals surface area contributed by atoms with Crippen LogP contribution in [0.1, 0.15) is 97.1 Å². The molecule has 0 aromatic heterocycles. The van der Waals surface area contributed by atoms with E-state index in [0.717, 1.165) is 55.0 Å². The number of carbonyl (C=O) groups is 2. The van der Waals surface area contributed by atoms with E-state index in [0.29, 0.717) is 43.3 Å². The minimum Gasteiger partial charge on any atom is -0.443 e. The van der Waals surface area contributed by atoms with Crippen molar-refractivity contribution < 1.29 is 47.5 Å². The first kappa shape index (κ1) is 44.8. The van der Waals surface area contributed by atoms with Gasteiger partial charge in [0.25, 0.3) is 0 Å².